The molecule has 2 rings (SSSR count). The number of benzene rings is 1. The third-order valence-electron chi connectivity index (χ3n) is 2.72. The van der Waals surface area contributed by atoms with Gasteiger partial charge in [0.1, 0.15) is 11.9 Å². The summed E-state index contributed by atoms with van der Waals surface area (Å²) in [6.45, 7) is 0. The van der Waals surface area contributed by atoms with E-state index in [1.165, 1.54) is 0 Å². The standard InChI is InChI=1S/C12H14O4/c1-15-9-4-2-8(3-5-9)11-7-6-10(13)12(14)16-11/h2-5,10-11,13H,6-7H2,1H3/t10-,11+/m1/s1. The molecule has 2 atom stereocenters. The average Bonchev–Trinajstić information content (AvgIpc) is 2.33. The number of ether oxygens (including phenoxy) is 2. The van der Waals surface area contributed by atoms with Gasteiger partial charge in [0.05, 0.1) is 7.11 Å². The van der Waals surface area contributed by atoms with Crippen LogP contribution >= 0.6 is 0 Å². The molecule has 4 heteroatoms. The molecule has 1 aromatic carbocycles. The maximum absolute atomic E-state index is 11.2. The van der Waals surface area contributed by atoms with Gasteiger partial charge in [-0.05, 0) is 30.5 Å². The number of hydrogen-bond acceptors (Lipinski definition) is 4. The molecule has 1 aromatic rings. The minimum Gasteiger partial charge on any atom is -0.497 e. The van der Waals surface area contributed by atoms with Gasteiger partial charge < -0.3 is 14.6 Å². The Kier molecular flexibility index (Phi) is 3.10. The van der Waals surface area contributed by atoms with Crippen LogP contribution in [0.15, 0.2) is 24.3 Å². The highest BCUT2D eigenvalue weighted by atomic mass is 16.6. The number of aliphatic hydroxyl groups excluding tert-OH is 1. The Bertz CT molecular complexity index is 371. The monoisotopic (exact) mass is 222 g/mol. The summed E-state index contributed by atoms with van der Waals surface area (Å²) in [5.41, 5.74) is 0.932. The van der Waals surface area contributed by atoms with Gasteiger partial charge in [0.25, 0.3) is 0 Å². The predicted octanol–water partition coefficient (Wildman–Crippen LogP) is 1.43. The van der Waals surface area contributed by atoms with E-state index in [1.54, 1.807) is 7.11 Å². The highest BCUT2D eigenvalue weighted by Gasteiger charge is 2.29. The number of carbonyl (C=O) groups excluding carboxylic acids is 1. The number of methoxy groups -OCH3 is 1. The molecular weight excluding hydrogens is 208 g/mol. The van der Waals surface area contributed by atoms with Crippen LogP contribution in [0.25, 0.3) is 0 Å². The van der Waals surface area contributed by atoms with Gasteiger partial charge in [0.15, 0.2) is 6.10 Å². The normalized spacial score (nSPS) is 25.0. The Morgan fingerprint density at radius 2 is 2.00 bits per heavy atom. The van der Waals surface area contributed by atoms with Gasteiger partial charge in [-0.2, -0.15) is 0 Å². The number of cyclic esters (lactones) is 1. The van der Waals surface area contributed by atoms with Crippen molar-refractivity contribution in [1.82, 2.24) is 0 Å². The molecule has 1 aliphatic heterocycles. The second-order valence-corrected chi connectivity index (χ2v) is 3.79. The van der Waals surface area contributed by atoms with Crippen molar-refractivity contribution in [2.45, 2.75) is 25.0 Å². The molecule has 1 heterocycles. The van der Waals surface area contributed by atoms with E-state index in [2.05, 4.69) is 0 Å². The van der Waals surface area contributed by atoms with E-state index in [1.807, 2.05) is 24.3 Å². The molecule has 0 bridgehead atoms. The molecule has 0 radical (unpaired) electrons. The van der Waals surface area contributed by atoms with E-state index < -0.39 is 12.1 Å². The fourth-order valence-electron chi connectivity index (χ4n) is 1.76. The smallest absolute Gasteiger partial charge is 0.335 e. The first-order valence-electron chi connectivity index (χ1n) is 5.23. The lowest BCUT2D eigenvalue weighted by Gasteiger charge is -2.25. The number of hydrogen-bond donors (Lipinski definition) is 1. The van der Waals surface area contributed by atoms with Crippen LogP contribution in [-0.4, -0.2) is 24.3 Å². The minimum absolute atomic E-state index is 0.248. The van der Waals surface area contributed by atoms with Gasteiger partial charge in [-0.25, -0.2) is 4.79 Å². The zero-order chi connectivity index (χ0) is 11.5. The summed E-state index contributed by atoms with van der Waals surface area (Å²) in [6, 6.07) is 7.39. The van der Waals surface area contributed by atoms with Crippen molar-refractivity contribution in [2.24, 2.45) is 0 Å². The molecule has 0 unspecified atom stereocenters. The Morgan fingerprint density at radius 3 is 2.56 bits per heavy atom. The topological polar surface area (TPSA) is 55.8 Å². The van der Waals surface area contributed by atoms with Crippen LogP contribution in [0, 0.1) is 0 Å². The molecule has 0 amide bonds. The Hall–Kier alpha value is -1.55. The highest BCUT2D eigenvalue weighted by molar-refractivity contribution is 5.75. The number of rotatable bonds is 2. The quantitative estimate of drug-likeness (QED) is 0.769. The molecule has 1 aliphatic rings. The molecule has 0 saturated carbocycles. The molecule has 1 N–H and O–H groups in total. The number of esters is 1. The number of aliphatic hydroxyl groups is 1. The second kappa shape index (κ2) is 4.53. The predicted molar refractivity (Wildman–Crippen MR) is 57.1 cm³/mol. The van der Waals surface area contributed by atoms with Crippen molar-refractivity contribution in [2.75, 3.05) is 7.11 Å². The SMILES string of the molecule is COc1ccc([C@@H]2CC[C@@H](O)C(=O)O2)cc1. The first-order valence-corrected chi connectivity index (χ1v) is 5.23. The summed E-state index contributed by atoms with van der Waals surface area (Å²) < 4.78 is 10.2. The molecule has 86 valence electrons. The van der Waals surface area contributed by atoms with Gasteiger partial charge in [0.2, 0.25) is 0 Å². The lowest BCUT2D eigenvalue weighted by molar-refractivity contribution is -0.167. The van der Waals surface area contributed by atoms with Crippen molar-refractivity contribution in [3.8, 4) is 5.75 Å². The maximum Gasteiger partial charge on any atom is 0.335 e. The fourth-order valence-corrected chi connectivity index (χ4v) is 1.76. The molecule has 0 aliphatic carbocycles. The molecule has 0 aromatic heterocycles. The molecule has 1 saturated heterocycles. The Morgan fingerprint density at radius 1 is 1.31 bits per heavy atom. The van der Waals surface area contributed by atoms with Crippen LogP contribution in [0.1, 0.15) is 24.5 Å². The van der Waals surface area contributed by atoms with E-state index in [0.717, 1.165) is 11.3 Å². The Labute approximate surface area is 93.8 Å². The molecule has 0 spiro atoms. The van der Waals surface area contributed by atoms with Gasteiger partial charge in [0, 0.05) is 0 Å². The molecule has 4 nitrogen and oxygen atoms in total. The van der Waals surface area contributed by atoms with Gasteiger partial charge in [-0.3, -0.25) is 0 Å². The van der Waals surface area contributed by atoms with Crippen molar-refractivity contribution in [3.05, 3.63) is 29.8 Å². The first kappa shape index (κ1) is 11.0. The first-order chi connectivity index (χ1) is 7.70. The van der Waals surface area contributed by atoms with Crippen molar-refractivity contribution in [3.63, 3.8) is 0 Å². The zero-order valence-corrected chi connectivity index (χ0v) is 9.05. The minimum atomic E-state index is -0.963. The van der Waals surface area contributed by atoms with Crippen LogP contribution < -0.4 is 4.74 Å². The van der Waals surface area contributed by atoms with Gasteiger partial charge in [-0.15, -0.1) is 0 Å². The fraction of sp³-hybridized carbons (Fsp3) is 0.417. The van der Waals surface area contributed by atoms with Crippen LogP contribution in [0.5, 0.6) is 5.75 Å². The summed E-state index contributed by atoms with van der Waals surface area (Å²) >= 11 is 0. The zero-order valence-electron chi connectivity index (χ0n) is 9.05. The van der Waals surface area contributed by atoms with E-state index >= 15 is 0 Å². The van der Waals surface area contributed by atoms with Gasteiger partial charge in [-0.1, -0.05) is 12.1 Å². The van der Waals surface area contributed by atoms with E-state index in [0.29, 0.717) is 12.8 Å². The van der Waals surface area contributed by atoms with Crippen molar-refractivity contribution in [1.29, 1.82) is 0 Å². The van der Waals surface area contributed by atoms with Crippen LogP contribution in [0.2, 0.25) is 0 Å². The summed E-state index contributed by atoms with van der Waals surface area (Å²) in [7, 11) is 1.60. The van der Waals surface area contributed by atoms with E-state index in [9.17, 15) is 9.90 Å². The summed E-state index contributed by atoms with van der Waals surface area (Å²) in [5.74, 6) is 0.234. The van der Waals surface area contributed by atoms with Gasteiger partial charge >= 0.3 is 5.97 Å². The van der Waals surface area contributed by atoms with E-state index in [-0.39, 0.29) is 6.10 Å². The molecular formula is C12H14O4. The molecule has 1 fully saturated rings. The average molecular weight is 222 g/mol. The van der Waals surface area contributed by atoms with Crippen LogP contribution in [-0.2, 0) is 9.53 Å². The Balaban J connectivity index is 2.09. The third kappa shape index (κ3) is 2.17. The van der Waals surface area contributed by atoms with Crippen molar-refractivity contribution >= 4 is 5.97 Å². The molecule has 16 heavy (non-hydrogen) atoms. The van der Waals surface area contributed by atoms with Crippen LogP contribution in [0.4, 0.5) is 0 Å². The highest BCUT2D eigenvalue weighted by Crippen LogP contribution is 2.29. The summed E-state index contributed by atoms with van der Waals surface area (Å²) in [5, 5.41) is 9.23. The largest absolute Gasteiger partial charge is 0.497 e. The summed E-state index contributed by atoms with van der Waals surface area (Å²) in [4.78, 5) is 11.2. The lowest BCUT2D eigenvalue weighted by atomic mass is 10.00. The van der Waals surface area contributed by atoms with Crippen molar-refractivity contribution < 1.29 is 19.4 Å². The second-order valence-electron chi connectivity index (χ2n) is 3.79. The third-order valence-corrected chi connectivity index (χ3v) is 2.72. The lowest BCUT2D eigenvalue weighted by Crippen LogP contribution is -2.30. The summed E-state index contributed by atoms with van der Waals surface area (Å²) in [6.07, 6.45) is -0.106. The maximum atomic E-state index is 11.2. The number of carbonyl (C=O) groups is 1. The van der Waals surface area contributed by atoms with Crippen LogP contribution in [0.3, 0.4) is 0 Å². The van der Waals surface area contributed by atoms with E-state index in [4.69, 9.17) is 9.47 Å².